The average molecular weight is 1980 g/mol. The molecule has 0 heterocycles. The molecule has 6 aromatic rings. The fourth-order valence-corrected chi connectivity index (χ4v) is 14.8. The molecule has 0 aromatic heterocycles. The third kappa shape index (κ3) is 32.7. The van der Waals surface area contributed by atoms with E-state index in [1.807, 2.05) is 0 Å². The van der Waals surface area contributed by atoms with Crippen LogP contribution in [0.25, 0.3) is 0 Å². The van der Waals surface area contributed by atoms with Crippen LogP contribution < -0.4 is 0 Å². The molecule has 0 aliphatic rings. The smallest absolute Gasteiger partial charge is 0.426 e. The van der Waals surface area contributed by atoms with Crippen molar-refractivity contribution in [3.05, 3.63) is 184 Å². The molecular formula is C82H78B14F9O31S3-3. The summed E-state index contributed by atoms with van der Waals surface area (Å²) in [6.07, 6.45) is -30.6. The number of alkyl halides is 9. The van der Waals surface area contributed by atoms with Gasteiger partial charge in [0.05, 0.1) is 169 Å². The third-order valence-corrected chi connectivity index (χ3v) is 23.4. The van der Waals surface area contributed by atoms with Gasteiger partial charge in [0.25, 0.3) is 0 Å². The molecule has 6 rings (SSSR count). The van der Waals surface area contributed by atoms with Gasteiger partial charge in [0.15, 0.2) is 0 Å². The van der Waals surface area contributed by atoms with Gasteiger partial charge in [-0.25, -0.2) is 54.0 Å². The Morgan fingerprint density at radius 2 is 0.460 bits per heavy atom. The number of phenolic OH excluding ortho intramolecular Hbond substituents is 4. The Balaban J connectivity index is 0.000000435. The largest absolute Gasteiger partial charge is 0.748 e. The molecule has 3 unspecified atom stereocenters. The molecule has 0 saturated carbocycles. The highest BCUT2D eigenvalue weighted by atomic mass is 32.2. The van der Waals surface area contributed by atoms with Gasteiger partial charge < -0.3 is 76.7 Å². The number of phenols is 4. The topological polar surface area (TPSA) is 489 Å². The minimum absolute atomic E-state index is 0.0266. The molecule has 139 heavy (non-hydrogen) atoms. The summed E-state index contributed by atoms with van der Waals surface area (Å²) >= 11 is 0. The summed E-state index contributed by atoms with van der Waals surface area (Å²) in [4.78, 5) is 119. The first kappa shape index (κ1) is 121. The summed E-state index contributed by atoms with van der Waals surface area (Å²) < 4.78 is 268. The van der Waals surface area contributed by atoms with Gasteiger partial charge in [-0.05, 0) is 86.5 Å². The van der Waals surface area contributed by atoms with Crippen LogP contribution >= 0.6 is 0 Å². The van der Waals surface area contributed by atoms with E-state index >= 15 is 0 Å². The second-order valence-electron chi connectivity index (χ2n) is 30.5. The Kier molecular flexibility index (Phi) is 45.7. The zero-order valence-corrected chi connectivity index (χ0v) is 76.8. The summed E-state index contributed by atoms with van der Waals surface area (Å²) in [7, 11) is 62.8. The monoisotopic (exact) mass is 1980 g/mol. The average Bonchev–Trinajstić information content (AvgIpc) is 0.785. The summed E-state index contributed by atoms with van der Waals surface area (Å²) in [6, 6.07) is 17.1. The molecule has 0 aliphatic carbocycles. The number of halogens is 9. The van der Waals surface area contributed by atoms with Crippen molar-refractivity contribution in [2.24, 2.45) is 16.2 Å². The predicted octanol–water partition coefficient (Wildman–Crippen LogP) is 3.14. The first-order valence-corrected chi connectivity index (χ1v) is 45.5. The number of esters is 9. The van der Waals surface area contributed by atoms with E-state index in [-0.39, 0.29) is 166 Å². The number of hydrogen-bond donors (Lipinski definition) is 4. The second-order valence-corrected chi connectivity index (χ2v) is 34.9. The molecule has 31 nitrogen and oxygen atoms in total. The van der Waals surface area contributed by atoms with Crippen LogP contribution in [-0.2, 0) is 176 Å². The van der Waals surface area contributed by atoms with Crippen molar-refractivity contribution in [2.75, 3.05) is 56.9 Å². The van der Waals surface area contributed by atoms with E-state index in [2.05, 4.69) is 14.2 Å². The van der Waals surface area contributed by atoms with E-state index in [0.717, 1.165) is 6.92 Å². The third-order valence-electron chi connectivity index (χ3n) is 21.2. The molecule has 0 amide bonds. The Bertz CT molecular complexity index is 5530. The van der Waals surface area contributed by atoms with E-state index in [9.17, 15) is 142 Å². The van der Waals surface area contributed by atoms with Gasteiger partial charge in [-0.15, -0.1) is 0 Å². The molecule has 3 atom stereocenters. The van der Waals surface area contributed by atoms with Gasteiger partial charge in [-0.2, -0.15) is 39.5 Å². The van der Waals surface area contributed by atoms with E-state index < -0.39 is 252 Å². The number of carbonyl (C=O) groups is 9. The van der Waals surface area contributed by atoms with Gasteiger partial charge in [0.2, 0.25) is 18.3 Å². The van der Waals surface area contributed by atoms with Crippen LogP contribution in [0.15, 0.2) is 72.8 Å². The number of carbonyl (C=O) groups excluding carboxylic acids is 9. The van der Waals surface area contributed by atoms with Crippen molar-refractivity contribution in [2.45, 2.75) is 159 Å². The van der Waals surface area contributed by atoms with Crippen molar-refractivity contribution in [3.63, 3.8) is 0 Å². The standard InChI is InChI=1S/C29H29B6F3O9S.C27H27B4F3O11S.C26H25B4F3O11S/c1-2-28(27(41)47-22(29(36,37)38)13-48(42,43)44,14-45-25(39)23-18(9-32)5-3-16(7-30)20(23)11-34)15-46-26(40)24-19(10-33)6-4-17(8-31)21(24)12-35;1-2-26(25(39)45-18(27(32,33)34)11-46(40,41)42,12-43-23(37)19-14(7-28)3-5-16(9-30)21(19)35)13-44-24(38)20-15(8-29)4-6-17(10-31)22(20)36;1-25(24(38)44-17(26(31,32)33)10-45(39,40)41,11-42-22(36)18-13(6-27)2-4-15(8-29)20(18)34)12-43-23(37)19-14(7-28)3-5-16(9-30)21(19)35/h3-6,22H,2,7-15H2,1H3,(H,42,43,44);3-6,18,35-36H,2,7-13H2,1H3,(H,40,41,42);2-5,17,34-35H,6-12H2,1H3,(H,39,40,41)/p-3. The van der Waals surface area contributed by atoms with Crippen molar-refractivity contribution in [1.29, 1.82) is 0 Å². The Hall–Kier alpha value is -10.2. The van der Waals surface area contributed by atoms with E-state index in [0.29, 0.717) is 11.1 Å². The molecule has 0 fully saturated rings. The maximum atomic E-state index is 13.7. The van der Waals surface area contributed by atoms with Gasteiger partial charge in [0.1, 0.15) is 101 Å². The zero-order chi connectivity index (χ0) is 106. The summed E-state index contributed by atoms with van der Waals surface area (Å²) in [5.41, 5.74) is -6.75. The molecule has 4 N–H and O–H groups in total. The van der Waals surface area contributed by atoms with Crippen molar-refractivity contribution < 1.29 is 185 Å². The van der Waals surface area contributed by atoms with Crippen molar-refractivity contribution >= 4 is 194 Å². The van der Waals surface area contributed by atoms with Gasteiger partial charge in [-0.1, -0.05) is 186 Å². The molecule has 0 saturated heterocycles. The normalized spacial score (nSPS) is 12.7. The van der Waals surface area contributed by atoms with Crippen molar-refractivity contribution in [3.8, 4) is 23.0 Å². The number of hydrogen-bond acceptors (Lipinski definition) is 31. The van der Waals surface area contributed by atoms with Gasteiger partial charge >= 0.3 is 72.3 Å². The minimum atomic E-state index is -5.58. The van der Waals surface area contributed by atoms with Crippen LogP contribution in [0.3, 0.4) is 0 Å². The maximum absolute atomic E-state index is 13.7. The highest BCUT2D eigenvalue weighted by Crippen LogP contribution is 2.40. The Labute approximate surface area is 813 Å². The van der Waals surface area contributed by atoms with Crippen LogP contribution in [0.1, 0.15) is 174 Å². The van der Waals surface area contributed by atoms with Crippen LogP contribution in [-0.4, -0.2) is 317 Å². The van der Waals surface area contributed by atoms with Crippen LogP contribution in [0.5, 0.6) is 23.0 Å². The number of aromatic hydroxyl groups is 4. The lowest BCUT2D eigenvalue weighted by molar-refractivity contribution is -0.223. The zero-order valence-electron chi connectivity index (χ0n) is 74.4. The van der Waals surface area contributed by atoms with E-state index in [1.165, 1.54) is 74.5 Å². The fraction of sp³-hybridized carbons (Fsp3) is 0.451. The number of rotatable bonds is 46. The highest BCUT2D eigenvalue weighted by Gasteiger charge is 2.53. The lowest BCUT2D eigenvalue weighted by atomic mass is 9.80. The lowest BCUT2D eigenvalue weighted by Crippen LogP contribution is -2.48. The first-order valence-electron chi connectivity index (χ1n) is 40.8. The van der Waals surface area contributed by atoms with Crippen LogP contribution in [0.4, 0.5) is 39.5 Å². The van der Waals surface area contributed by atoms with E-state index in [4.69, 9.17) is 138 Å². The SMILES string of the molecule is [B]Cc1ccc(C[B])c(C(=O)OCC(C)(COC(=O)c2c(C[B])ccc(C[B])c2O)C(=O)OC(CS(=O)(=O)[O-])C(F)(F)F)c1O.[B]Cc1ccc(C[B])c(C(=O)OCC(CC)(COC(=O)c2c(C[B])ccc(C[B])c2C[B])C(=O)OC(CS(=O)(=O)[O-])C(F)(F)F)c1C[B].[B]Cc1ccc(C[B])c(C(=O)OCC(CC)(COC(=O)c2c(C[B])ccc(C[B])c2O)C(=O)OC(CS(=O)(=O)[O-])C(F)(F)F)c1O. The fourth-order valence-electron chi connectivity index (χ4n) is 12.9. The molecule has 28 radical (unpaired) electrons. The number of benzene rings is 6. The summed E-state index contributed by atoms with van der Waals surface area (Å²) in [5, 5.41) is 42.1. The highest BCUT2D eigenvalue weighted by molar-refractivity contribution is 7.86. The van der Waals surface area contributed by atoms with Gasteiger partial charge in [-0.3, -0.25) is 14.4 Å². The molecule has 0 spiro atoms. The van der Waals surface area contributed by atoms with E-state index in [1.54, 1.807) is 12.1 Å². The molecule has 718 valence electrons. The van der Waals surface area contributed by atoms with Crippen LogP contribution in [0, 0.1) is 16.2 Å². The number of ether oxygens (including phenoxy) is 9. The second kappa shape index (κ2) is 52.5. The van der Waals surface area contributed by atoms with Crippen LogP contribution in [0.2, 0.25) is 0 Å². The first-order chi connectivity index (χ1) is 64.7. The molecule has 0 bridgehead atoms. The lowest BCUT2D eigenvalue weighted by Gasteiger charge is -2.32. The Morgan fingerprint density at radius 1 is 0.288 bits per heavy atom. The predicted molar refractivity (Wildman–Crippen MR) is 484 cm³/mol. The molecular weight excluding hydrogens is 1900 g/mol. The summed E-state index contributed by atoms with van der Waals surface area (Å²) in [5.74, 6) is -22.0. The quantitative estimate of drug-likeness (QED) is 0.0140. The maximum Gasteiger partial charge on any atom is 0.426 e. The van der Waals surface area contributed by atoms with Crippen molar-refractivity contribution in [1.82, 2.24) is 0 Å². The summed E-state index contributed by atoms with van der Waals surface area (Å²) in [6.45, 7) is -3.41. The molecule has 0 aliphatic heterocycles. The molecule has 57 heteroatoms. The van der Waals surface area contributed by atoms with Gasteiger partial charge in [0, 0.05) is 0 Å². The minimum Gasteiger partial charge on any atom is -0.748 e. The Morgan fingerprint density at radius 3 is 0.640 bits per heavy atom. The molecule has 6 aromatic carbocycles.